The van der Waals surface area contributed by atoms with Crippen LogP contribution in [0.2, 0.25) is 5.02 Å². The Labute approximate surface area is 195 Å². The molecule has 32 heavy (non-hydrogen) atoms. The van der Waals surface area contributed by atoms with Crippen LogP contribution in [0.5, 0.6) is 0 Å². The Balaban J connectivity index is 0.000000523. The van der Waals surface area contributed by atoms with Gasteiger partial charge in [-0.25, -0.2) is 4.98 Å². The predicted molar refractivity (Wildman–Crippen MR) is 133 cm³/mol. The molecule has 0 amide bonds. The van der Waals surface area contributed by atoms with Crippen LogP contribution < -0.4 is 4.90 Å². The fourth-order valence-corrected chi connectivity index (χ4v) is 3.91. The number of rotatable bonds is 4. The molecule has 2 aromatic carbocycles. The van der Waals surface area contributed by atoms with Crippen LogP contribution in [0.1, 0.15) is 31.9 Å². The summed E-state index contributed by atoms with van der Waals surface area (Å²) in [6.45, 7) is 10.6. The van der Waals surface area contributed by atoms with Gasteiger partial charge in [0.2, 0.25) is 0 Å². The maximum atomic E-state index is 9.59. The van der Waals surface area contributed by atoms with Crippen LogP contribution in [0, 0.1) is 6.92 Å². The summed E-state index contributed by atoms with van der Waals surface area (Å²) in [6.07, 6.45) is 0.616. The van der Waals surface area contributed by atoms with Gasteiger partial charge in [0.05, 0.1) is 24.3 Å². The first-order valence-electron chi connectivity index (χ1n) is 11.0. The topological polar surface area (TPSA) is 65.8 Å². The largest absolute Gasteiger partial charge is 0.396 e. The molecule has 1 saturated heterocycles. The highest BCUT2D eigenvalue weighted by Crippen LogP contribution is 2.35. The molecule has 5 nitrogen and oxygen atoms in total. The van der Waals surface area contributed by atoms with E-state index in [0.717, 1.165) is 65.3 Å². The van der Waals surface area contributed by atoms with Crippen molar-refractivity contribution in [3.8, 4) is 11.1 Å². The maximum absolute atomic E-state index is 9.59. The summed E-state index contributed by atoms with van der Waals surface area (Å²) in [7, 11) is 0. The van der Waals surface area contributed by atoms with E-state index >= 15 is 0 Å². The van der Waals surface area contributed by atoms with E-state index in [9.17, 15) is 5.11 Å². The minimum absolute atomic E-state index is 0.117. The van der Waals surface area contributed by atoms with Crippen molar-refractivity contribution < 1.29 is 14.9 Å². The summed E-state index contributed by atoms with van der Waals surface area (Å²) in [5.74, 6) is 0.988. The van der Waals surface area contributed by atoms with Crippen molar-refractivity contribution in [1.82, 2.24) is 4.98 Å². The van der Waals surface area contributed by atoms with Crippen molar-refractivity contribution in [3.05, 3.63) is 58.6 Å². The molecule has 3 aromatic rings. The van der Waals surface area contributed by atoms with Gasteiger partial charge in [0, 0.05) is 30.1 Å². The number of halogens is 1. The monoisotopic (exact) mass is 456 g/mol. The number of fused-ring (bicyclic) bond motifs is 1. The molecule has 172 valence electrons. The number of anilines is 1. The van der Waals surface area contributed by atoms with Crippen LogP contribution >= 0.6 is 11.6 Å². The first kappa shape index (κ1) is 24.5. The molecule has 1 fully saturated rings. The third-order valence-electron chi connectivity index (χ3n) is 5.14. The van der Waals surface area contributed by atoms with Gasteiger partial charge >= 0.3 is 0 Å². The Hall–Kier alpha value is -2.18. The number of aromatic nitrogens is 1. The van der Waals surface area contributed by atoms with Crippen molar-refractivity contribution in [2.75, 3.05) is 37.8 Å². The van der Waals surface area contributed by atoms with Gasteiger partial charge in [-0.05, 0) is 86.7 Å². The number of benzene rings is 2. The van der Waals surface area contributed by atoms with E-state index in [2.05, 4.69) is 30.0 Å². The SMILES string of the molecule is CC(C)(C)O.Cc1cc2nc(N3CCOCC3)ccc2c(-c2ccc(Cl)cc2)c1CCO. The average Bonchev–Trinajstić information content (AvgIpc) is 2.74. The zero-order valence-electron chi connectivity index (χ0n) is 19.4. The summed E-state index contributed by atoms with van der Waals surface area (Å²) >= 11 is 6.09. The van der Waals surface area contributed by atoms with Crippen LogP contribution in [0.25, 0.3) is 22.0 Å². The lowest BCUT2D eigenvalue weighted by atomic mass is 9.90. The van der Waals surface area contributed by atoms with Gasteiger partial charge in [0.1, 0.15) is 5.82 Å². The average molecular weight is 457 g/mol. The molecule has 0 radical (unpaired) electrons. The van der Waals surface area contributed by atoms with Gasteiger partial charge in [-0.3, -0.25) is 0 Å². The molecule has 0 spiro atoms. The first-order valence-corrected chi connectivity index (χ1v) is 11.4. The Kier molecular flexibility index (Phi) is 8.12. The third-order valence-corrected chi connectivity index (χ3v) is 5.39. The lowest BCUT2D eigenvalue weighted by Crippen LogP contribution is -2.36. The van der Waals surface area contributed by atoms with E-state index in [0.29, 0.717) is 11.4 Å². The van der Waals surface area contributed by atoms with Crippen LogP contribution in [0.15, 0.2) is 42.5 Å². The highest BCUT2D eigenvalue weighted by atomic mass is 35.5. The Bertz CT molecular complexity index is 1030. The maximum Gasteiger partial charge on any atom is 0.129 e. The molecule has 1 aromatic heterocycles. The lowest BCUT2D eigenvalue weighted by molar-refractivity contribution is 0.102. The zero-order valence-corrected chi connectivity index (χ0v) is 20.1. The molecular weight excluding hydrogens is 424 g/mol. The van der Waals surface area contributed by atoms with Crippen LogP contribution in [0.3, 0.4) is 0 Å². The Morgan fingerprint density at radius 1 is 1.06 bits per heavy atom. The first-order chi connectivity index (χ1) is 15.2. The summed E-state index contributed by atoms with van der Waals surface area (Å²) < 4.78 is 5.45. The molecule has 2 heterocycles. The highest BCUT2D eigenvalue weighted by Gasteiger charge is 2.17. The van der Waals surface area contributed by atoms with Crippen LogP contribution in [-0.4, -0.2) is 53.7 Å². The molecule has 1 aliphatic heterocycles. The van der Waals surface area contributed by atoms with Gasteiger partial charge in [0.25, 0.3) is 0 Å². The summed E-state index contributed by atoms with van der Waals surface area (Å²) in [6, 6.07) is 14.2. The number of nitrogens with zero attached hydrogens (tertiary/aromatic N) is 2. The standard InChI is InChI=1S/C22H23ClN2O2.C4H10O/c1-15-14-20-19(6-7-21(24-20)25-9-12-27-13-10-25)22(18(15)8-11-26)16-2-4-17(23)5-3-16;1-4(2,3)5/h2-7,14,26H,8-13H2,1H3;5H,1-3H3. The number of morpholine rings is 1. The number of aliphatic hydroxyl groups excluding tert-OH is 1. The smallest absolute Gasteiger partial charge is 0.129 e. The van der Waals surface area contributed by atoms with E-state index in [1.165, 1.54) is 0 Å². The van der Waals surface area contributed by atoms with Gasteiger partial charge in [-0.15, -0.1) is 0 Å². The van der Waals surface area contributed by atoms with Crippen LogP contribution in [-0.2, 0) is 11.2 Å². The van der Waals surface area contributed by atoms with Crippen LogP contribution in [0.4, 0.5) is 5.82 Å². The minimum atomic E-state index is -0.500. The molecule has 1 aliphatic rings. The number of aliphatic hydroxyl groups is 2. The summed E-state index contributed by atoms with van der Waals surface area (Å²) in [5.41, 5.74) is 5.01. The molecule has 0 saturated carbocycles. The zero-order chi connectivity index (χ0) is 23.3. The number of hydrogen-bond acceptors (Lipinski definition) is 5. The van der Waals surface area contributed by atoms with Crippen molar-refractivity contribution in [1.29, 1.82) is 0 Å². The number of ether oxygens (including phenoxy) is 1. The molecule has 0 bridgehead atoms. The van der Waals surface area contributed by atoms with E-state index < -0.39 is 5.60 Å². The number of hydrogen-bond donors (Lipinski definition) is 2. The van der Waals surface area contributed by atoms with E-state index in [1.807, 2.05) is 24.3 Å². The third kappa shape index (κ3) is 6.42. The van der Waals surface area contributed by atoms with Crippen molar-refractivity contribution in [2.24, 2.45) is 0 Å². The van der Waals surface area contributed by atoms with Gasteiger partial charge < -0.3 is 19.8 Å². The summed E-state index contributed by atoms with van der Waals surface area (Å²) in [4.78, 5) is 7.21. The molecule has 0 aliphatic carbocycles. The molecule has 0 atom stereocenters. The number of aryl methyl sites for hydroxylation is 1. The second kappa shape index (κ2) is 10.6. The molecule has 6 heteroatoms. The van der Waals surface area contributed by atoms with Crippen molar-refractivity contribution in [3.63, 3.8) is 0 Å². The molecular formula is C26H33ClN2O3. The second-order valence-electron chi connectivity index (χ2n) is 9.03. The Morgan fingerprint density at radius 3 is 2.28 bits per heavy atom. The molecule has 4 rings (SSSR count). The van der Waals surface area contributed by atoms with Gasteiger partial charge in [0.15, 0.2) is 0 Å². The quantitative estimate of drug-likeness (QED) is 0.577. The van der Waals surface area contributed by atoms with E-state index in [-0.39, 0.29) is 6.61 Å². The molecule has 0 unspecified atom stereocenters. The molecule has 2 N–H and O–H groups in total. The lowest BCUT2D eigenvalue weighted by Gasteiger charge is -2.28. The van der Waals surface area contributed by atoms with Gasteiger partial charge in [-0.2, -0.15) is 0 Å². The normalized spacial score (nSPS) is 14.3. The highest BCUT2D eigenvalue weighted by molar-refractivity contribution is 6.30. The van der Waals surface area contributed by atoms with Crippen molar-refractivity contribution >= 4 is 28.3 Å². The van der Waals surface area contributed by atoms with Crippen molar-refractivity contribution in [2.45, 2.75) is 39.7 Å². The van der Waals surface area contributed by atoms with E-state index in [4.69, 9.17) is 26.4 Å². The fourth-order valence-electron chi connectivity index (χ4n) is 3.79. The fraction of sp³-hybridized carbons (Fsp3) is 0.423. The predicted octanol–water partition coefficient (Wildman–Crippen LogP) is 5.01. The minimum Gasteiger partial charge on any atom is -0.396 e. The summed E-state index contributed by atoms with van der Waals surface area (Å²) in [5, 5.41) is 19.9. The Morgan fingerprint density at radius 2 is 1.69 bits per heavy atom. The van der Waals surface area contributed by atoms with E-state index in [1.54, 1.807) is 20.8 Å². The number of pyridine rings is 1. The second-order valence-corrected chi connectivity index (χ2v) is 9.47. The van der Waals surface area contributed by atoms with Gasteiger partial charge in [-0.1, -0.05) is 23.7 Å².